The number of nitrogens with zero attached hydrogens (tertiary/aromatic N) is 6. The molecule has 0 aliphatic rings. The van der Waals surface area contributed by atoms with Crippen molar-refractivity contribution in [1.29, 1.82) is 0 Å². The van der Waals surface area contributed by atoms with Crippen LogP contribution >= 0.6 is 0 Å². The minimum absolute atomic E-state index is 0.0204. The summed E-state index contributed by atoms with van der Waals surface area (Å²) in [4.78, 5) is 10.3. The van der Waals surface area contributed by atoms with E-state index in [1.807, 2.05) is 72.8 Å². The Morgan fingerprint density at radius 3 is 1.08 bits per heavy atom. The Morgan fingerprint density at radius 2 is 0.672 bits per heavy atom. The Kier molecular flexibility index (Phi) is 4.47. The van der Waals surface area contributed by atoms with Crippen LogP contribution < -0.4 is 0 Å². The summed E-state index contributed by atoms with van der Waals surface area (Å²) >= 11 is 0. The van der Waals surface area contributed by atoms with Crippen LogP contribution in [0.2, 0.25) is 0 Å². The molecule has 0 radical (unpaired) electrons. The van der Waals surface area contributed by atoms with E-state index in [2.05, 4.69) is 0 Å². The molecule has 0 aliphatic carbocycles. The van der Waals surface area contributed by atoms with Crippen LogP contribution in [0.4, 0.5) is 0 Å². The minimum atomic E-state index is -0.765. The van der Waals surface area contributed by atoms with Crippen LogP contribution in [0.5, 0.6) is 0 Å². The average Bonchev–Trinajstić information content (AvgIpc) is 2.30. The van der Waals surface area contributed by atoms with Gasteiger partial charge in [0, 0.05) is 54.7 Å². The zero-order chi connectivity index (χ0) is 58.4. The van der Waals surface area contributed by atoms with E-state index in [1.165, 1.54) is 6.07 Å². The topological polar surface area (TPSA) is 45.5 Å². The Hall–Kier alpha value is -8.74. The number of aromatic nitrogens is 6. The smallest absolute Gasteiger partial charge is 0.237 e. The van der Waals surface area contributed by atoms with Gasteiger partial charge >= 0.3 is 0 Å². The third-order valence-electron chi connectivity index (χ3n) is 11.9. The predicted molar refractivity (Wildman–Crippen MR) is 265 cm³/mol. The maximum atomic E-state index is 10.2. The van der Waals surface area contributed by atoms with Crippen molar-refractivity contribution in [3.63, 3.8) is 0 Å². The second-order valence-electron chi connectivity index (χ2n) is 15.2. The van der Waals surface area contributed by atoms with Crippen LogP contribution in [0, 0.1) is 0 Å². The van der Waals surface area contributed by atoms with Gasteiger partial charge < -0.3 is 9.13 Å². The average molecular weight is 836 g/mol. The van der Waals surface area contributed by atoms with Crippen molar-refractivity contribution < 1.29 is 26.0 Å². The first-order valence-electron chi connectivity index (χ1n) is 29.7. The van der Waals surface area contributed by atoms with Crippen molar-refractivity contribution >= 4 is 87.2 Å². The number of fused-ring (bicyclic) bond motifs is 12. The van der Waals surface area contributed by atoms with Crippen molar-refractivity contribution in [2.24, 2.45) is 0 Å². The van der Waals surface area contributed by atoms with Crippen LogP contribution in [-0.4, -0.2) is 28.2 Å². The predicted octanol–water partition coefficient (Wildman–Crippen LogP) is 14.5. The van der Waals surface area contributed by atoms with Crippen molar-refractivity contribution in [3.8, 4) is 34.4 Å². The summed E-state index contributed by atoms with van der Waals surface area (Å²) in [5, 5.41) is 1.62. The lowest BCUT2D eigenvalue weighted by Crippen LogP contribution is -2.10. The highest BCUT2D eigenvalue weighted by Crippen LogP contribution is 2.43. The van der Waals surface area contributed by atoms with Gasteiger partial charge in [-0.1, -0.05) is 151 Å². The van der Waals surface area contributed by atoms with Gasteiger partial charge in [-0.2, -0.15) is 4.98 Å². The summed E-state index contributed by atoms with van der Waals surface area (Å²) in [6.45, 7) is 0. The zero-order valence-electron chi connectivity index (χ0n) is 52.0. The molecule has 0 atom stereocenters. The third kappa shape index (κ3) is 4.85. The molecule has 0 amide bonds. The molecular weight excluding hydrogens is 781 g/mol. The first-order valence-corrected chi connectivity index (χ1v) is 20.2. The van der Waals surface area contributed by atoms with E-state index in [4.69, 9.17) is 20.9 Å². The fraction of sp³-hybridized carbons (Fsp3) is 0. The van der Waals surface area contributed by atoms with Crippen molar-refractivity contribution in [1.82, 2.24) is 28.2 Å². The summed E-state index contributed by atoms with van der Waals surface area (Å²) in [6.07, 6.45) is 0. The molecule has 6 heteroatoms. The quantitative estimate of drug-likeness (QED) is 0.173. The normalized spacial score (nSPS) is 16.2. The van der Waals surface area contributed by atoms with Gasteiger partial charge in [0.25, 0.3) is 0 Å². The van der Waals surface area contributed by atoms with Crippen LogP contribution in [0.1, 0.15) is 26.0 Å². The van der Waals surface area contributed by atoms with E-state index in [-0.39, 0.29) is 55.2 Å². The molecule has 298 valence electrons. The second-order valence-corrected chi connectivity index (χ2v) is 15.2. The lowest BCUT2D eigenvalue weighted by atomic mass is 10.0. The summed E-state index contributed by atoms with van der Waals surface area (Å²) in [6, 6.07) is 17.9. The van der Waals surface area contributed by atoms with Crippen molar-refractivity contribution in [3.05, 3.63) is 218 Å². The number of para-hydroxylation sites is 8. The van der Waals surface area contributed by atoms with Gasteiger partial charge in [0.1, 0.15) is 5.82 Å². The summed E-state index contributed by atoms with van der Waals surface area (Å²) in [7, 11) is 0. The minimum Gasteiger partial charge on any atom is -0.308 e. The maximum absolute atomic E-state index is 10.2. The van der Waals surface area contributed by atoms with Gasteiger partial charge in [-0.15, -0.1) is 0 Å². The van der Waals surface area contributed by atoms with Crippen LogP contribution in [0.3, 0.4) is 0 Å². The molecule has 14 rings (SSSR count). The summed E-state index contributed by atoms with van der Waals surface area (Å²) < 4.78 is 182. The number of benzene rings is 9. The SMILES string of the molecule is [2H]c1c([2H])c(-n2c3ccccc3c3ccccc32)c(-c2cc(-n3c4c([2H])c([2H])c([2H])c([2H])c4c4c([2H])c([2H])c([2H])c([2H])c43)nc(-n3c4c([2H])c([2H])c([2H])c([2H])c4c4c([2H])c([2H])c([2H])c([2H])c43)n2)c(-n2c3ccccc3c3ccccc32)c1[2H]. The first kappa shape index (κ1) is 21.4. The van der Waals surface area contributed by atoms with E-state index < -0.39 is 138 Å². The first-order chi connectivity index (χ1) is 39.7. The lowest BCUT2D eigenvalue weighted by molar-refractivity contribution is 0.950. The maximum Gasteiger partial charge on any atom is 0.237 e. The highest BCUT2D eigenvalue weighted by molar-refractivity contribution is 6.13. The number of rotatable bonds is 5. The fourth-order valence-electron chi connectivity index (χ4n) is 9.33. The Labute approximate surface area is 393 Å². The largest absolute Gasteiger partial charge is 0.308 e. The molecule has 0 fully saturated rings. The van der Waals surface area contributed by atoms with Gasteiger partial charge in [-0.25, -0.2) is 4.98 Å². The summed E-state index contributed by atoms with van der Waals surface area (Å²) in [5.41, 5.74) is 0.270. The molecule has 0 saturated heterocycles. The van der Waals surface area contributed by atoms with Crippen molar-refractivity contribution in [2.45, 2.75) is 0 Å². The van der Waals surface area contributed by atoms with E-state index in [9.17, 15) is 15.1 Å². The van der Waals surface area contributed by atoms with Crippen LogP contribution in [-0.2, 0) is 0 Å². The van der Waals surface area contributed by atoms with Gasteiger partial charge in [-0.3, -0.25) is 9.13 Å². The van der Waals surface area contributed by atoms with Gasteiger partial charge in [0.05, 0.1) is 87.2 Å². The number of hydrogen-bond acceptors (Lipinski definition) is 2. The molecular formula is C58H36N6. The molecule has 5 heterocycles. The molecule has 64 heavy (non-hydrogen) atoms. The number of hydrogen-bond donors (Lipinski definition) is 0. The summed E-state index contributed by atoms with van der Waals surface area (Å²) in [5.74, 6) is -1.01. The molecule has 0 bridgehead atoms. The molecule has 0 unspecified atom stereocenters. The molecule has 0 spiro atoms. The van der Waals surface area contributed by atoms with Gasteiger partial charge in [-0.05, 0) is 60.5 Å². The molecule has 5 aromatic heterocycles. The van der Waals surface area contributed by atoms with E-state index in [0.717, 1.165) is 30.7 Å². The van der Waals surface area contributed by atoms with E-state index in [1.54, 1.807) is 33.4 Å². The van der Waals surface area contributed by atoms with E-state index >= 15 is 0 Å². The Morgan fingerprint density at radius 1 is 0.312 bits per heavy atom. The molecule has 14 aromatic rings. The van der Waals surface area contributed by atoms with Gasteiger partial charge in [0.15, 0.2) is 0 Å². The van der Waals surface area contributed by atoms with Gasteiger partial charge in [0.2, 0.25) is 5.95 Å². The third-order valence-corrected chi connectivity index (χ3v) is 11.9. The fourth-order valence-corrected chi connectivity index (χ4v) is 9.33. The second kappa shape index (κ2) is 13.4. The molecule has 6 nitrogen and oxygen atoms in total. The highest BCUT2D eigenvalue weighted by Gasteiger charge is 2.25. The zero-order valence-corrected chi connectivity index (χ0v) is 33.0. The molecule has 0 aliphatic heterocycles. The van der Waals surface area contributed by atoms with Crippen LogP contribution in [0.25, 0.3) is 122 Å². The highest BCUT2D eigenvalue weighted by atomic mass is 15.2. The lowest BCUT2D eigenvalue weighted by Gasteiger charge is -2.21. The molecule has 0 N–H and O–H groups in total. The van der Waals surface area contributed by atoms with Crippen molar-refractivity contribution in [2.75, 3.05) is 0 Å². The van der Waals surface area contributed by atoms with E-state index in [0.29, 0.717) is 22.1 Å². The molecule has 0 saturated carbocycles. The standard InChI is InChI=1S/C58H36N6/c1-9-26-46-37(18-1)38-19-2-10-27-47(38)61(46)54-34-17-35-55(62-48-28-11-3-20-39(48)40-21-4-12-29-49(40)62)57(54)45-36-56(63-50-30-13-5-22-41(50)42-23-6-14-31-51(42)63)60-58(59-45)64-52-32-15-7-24-43(52)44-25-8-16-33-53(44)64/h1-36H/i5D,6D,7D,8D,13D,14D,15D,16D,17D,22D,23D,24D,25D,30D,31D,32D,33D,34D,35D. The van der Waals surface area contributed by atoms with Crippen LogP contribution in [0.15, 0.2) is 218 Å². The Balaban J connectivity index is 1.30. The Bertz CT molecular complexity index is 4770. The molecule has 9 aromatic carbocycles. The monoisotopic (exact) mass is 835 g/mol.